The van der Waals surface area contributed by atoms with E-state index in [1.807, 2.05) is 0 Å². The Labute approximate surface area is 181 Å². The SMILES string of the molecule is C1=CCC2C(=C1)CCC2NC1=NCCC1.C1=CCC2CC(NC3=NCCC3)CC2=C1. The van der Waals surface area contributed by atoms with E-state index in [0.29, 0.717) is 12.1 Å². The molecule has 160 valence electrons. The van der Waals surface area contributed by atoms with Gasteiger partial charge in [-0.15, -0.1) is 0 Å². The van der Waals surface area contributed by atoms with Crippen LogP contribution >= 0.6 is 0 Å². The summed E-state index contributed by atoms with van der Waals surface area (Å²) in [6, 6.07) is 1.30. The van der Waals surface area contributed by atoms with Crippen LogP contribution < -0.4 is 10.6 Å². The number of hydrogen-bond donors (Lipinski definition) is 2. The van der Waals surface area contributed by atoms with Crippen LogP contribution in [0.2, 0.25) is 0 Å². The molecule has 6 rings (SSSR count). The predicted octanol–water partition coefficient (Wildman–Crippen LogP) is 4.87. The van der Waals surface area contributed by atoms with Crippen LogP contribution in [0.4, 0.5) is 0 Å². The van der Waals surface area contributed by atoms with Crippen LogP contribution in [0.15, 0.2) is 57.6 Å². The first-order valence-corrected chi connectivity index (χ1v) is 12.2. The molecule has 6 aliphatic rings. The highest BCUT2D eigenvalue weighted by Crippen LogP contribution is 2.37. The van der Waals surface area contributed by atoms with Gasteiger partial charge < -0.3 is 10.6 Å². The average molecular weight is 405 g/mol. The van der Waals surface area contributed by atoms with Gasteiger partial charge in [0.05, 0.1) is 11.7 Å². The molecule has 0 aromatic heterocycles. The summed E-state index contributed by atoms with van der Waals surface area (Å²) in [5, 5.41) is 7.27. The van der Waals surface area contributed by atoms with E-state index >= 15 is 0 Å². The molecule has 2 fully saturated rings. The summed E-state index contributed by atoms with van der Waals surface area (Å²) in [6.45, 7) is 2.06. The number of amidine groups is 2. The molecule has 0 aromatic rings. The fourth-order valence-electron chi connectivity index (χ4n) is 5.87. The molecule has 2 heterocycles. The van der Waals surface area contributed by atoms with Crippen molar-refractivity contribution < 1.29 is 0 Å². The van der Waals surface area contributed by atoms with Gasteiger partial charge in [-0.25, -0.2) is 0 Å². The molecule has 2 N–H and O–H groups in total. The van der Waals surface area contributed by atoms with Crippen molar-refractivity contribution in [3.05, 3.63) is 47.6 Å². The van der Waals surface area contributed by atoms with Crippen LogP contribution in [-0.4, -0.2) is 36.8 Å². The topological polar surface area (TPSA) is 48.8 Å². The maximum atomic E-state index is 4.50. The summed E-state index contributed by atoms with van der Waals surface area (Å²) in [4.78, 5) is 8.99. The first-order valence-electron chi connectivity index (χ1n) is 12.2. The van der Waals surface area contributed by atoms with Gasteiger partial charge >= 0.3 is 0 Å². The van der Waals surface area contributed by atoms with E-state index in [9.17, 15) is 0 Å². The lowest BCUT2D eigenvalue weighted by Crippen LogP contribution is -2.36. The highest BCUT2D eigenvalue weighted by Gasteiger charge is 2.32. The van der Waals surface area contributed by atoms with Gasteiger partial charge in [-0.1, -0.05) is 47.6 Å². The Kier molecular flexibility index (Phi) is 6.19. The quantitative estimate of drug-likeness (QED) is 0.690. The van der Waals surface area contributed by atoms with E-state index in [1.165, 1.54) is 69.5 Å². The van der Waals surface area contributed by atoms with Crippen LogP contribution in [-0.2, 0) is 0 Å². The van der Waals surface area contributed by atoms with Gasteiger partial charge in [0.2, 0.25) is 0 Å². The van der Waals surface area contributed by atoms with Crippen molar-refractivity contribution in [2.45, 2.75) is 76.3 Å². The molecule has 4 nitrogen and oxygen atoms in total. The molecule has 4 heteroatoms. The fraction of sp³-hybridized carbons (Fsp3) is 0.615. The molecule has 0 saturated heterocycles. The number of nitrogens with zero attached hydrogens (tertiary/aromatic N) is 2. The van der Waals surface area contributed by atoms with Gasteiger partial charge in [0.15, 0.2) is 0 Å². The molecule has 0 bridgehead atoms. The molecule has 0 amide bonds. The zero-order chi connectivity index (χ0) is 20.2. The van der Waals surface area contributed by atoms with Gasteiger partial charge in [-0.3, -0.25) is 9.98 Å². The second-order valence-electron chi connectivity index (χ2n) is 9.55. The summed E-state index contributed by atoms with van der Waals surface area (Å²) >= 11 is 0. The minimum atomic E-state index is 0.651. The maximum absolute atomic E-state index is 4.50. The number of rotatable bonds is 2. The molecule has 0 aromatic carbocycles. The third-order valence-electron chi connectivity index (χ3n) is 7.46. The largest absolute Gasteiger partial charge is 0.371 e. The lowest BCUT2D eigenvalue weighted by atomic mass is 9.92. The van der Waals surface area contributed by atoms with E-state index < -0.39 is 0 Å². The van der Waals surface area contributed by atoms with Crippen molar-refractivity contribution in [3.63, 3.8) is 0 Å². The van der Waals surface area contributed by atoms with Gasteiger partial charge in [-0.2, -0.15) is 0 Å². The molecule has 0 spiro atoms. The smallest absolute Gasteiger partial charge is 0.0966 e. The normalized spacial score (nSPS) is 33.6. The monoisotopic (exact) mass is 404 g/mol. The van der Waals surface area contributed by atoms with Crippen molar-refractivity contribution in [1.29, 1.82) is 0 Å². The predicted molar refractivity (Wildman–Crippen MR) is 126 cm³/mol. The number of hydrogen-bond acceptors (Lipinski definition) is 4. The molecule has 2 saturated carbocycles. The lowest BCUT2D eigenvalue weighted by Gasteiger charge is -2.23. The first-order chi connectivity index (χ1) is 14.8. The molecule has 30 heavy (non-hydrogen) atoms. The van der Waals surface area contributed by atoms with Crippen molar-refractivity contribution in [1.82, 2.24) is 10.6 Å². The second kappa shape index (κ2) is 9.36. The summed E-state index contributed by atoms with van der Waals surface area (Å²) in [5.74, 6) is 4.08. The van der Waals surface area contributed by atoms with Gasteiger partial charge in [0.25, 0.3) is 0 Å². The Morgan fingerprint density at radius 2 is 1.53 bits per heavy atom. The average Bonchev–Trinajstić information content (AvgIpc) is 3.57. The van der Waals surface area contributed by atoms with Crippen molar-refractivity contribution >= 4 is 11.7 Å². The standard InChI is InChI=1S/2C13H18N2/c1-2-5-11-10(4-1)7-8-12(11)15-13-6-3-9-14-13;1-2-5-11-9-12(8-10(11)4-1)15-13-6-3-7-14-13/h2*1-2,4,11-12H,3,5-9H2,(H,14,15). The van der Waals surface area contributed by atoms with Crippen LogP contribution in [0.25, 0.3) is 0 Å². The molecular formula is C26H36N4. The molecular weight excluding hydrogens is 368 g/mol. The van der Waals surface area contributed by atoms with Crippen LogP contribution in [0.1, 0.15) is 64.2 Å². The minimum Gasteiger partial charge on any atom is -0.371 e. The van der Waals surface area contributed by atoms with Gasteiger partial charge in [-0.05, 0) is 57.3 Å². The van der Waals surface area contributed by atoms with Crippen molar-refractivity contribution in [2.75, 3.05) is 13.1 Å². The zero-order valence-corrected chi connectivity index (χ0v) is 18.2. The first kappa shape index (κ1) is 19.8. The highest BCUT2D eigenvalue weighted by atomic mass is 15.0. The zero-order valence-electron chi connectivity index (χ0n) is 18.2. The molecule has 4 unspecified atom stereocenters. The molecule has 2 aliphatic heterocycles. The Morgan fingerprint density at radius 1 is 0.800 bits per heavy atom. The van der Waals surface area contributed by atoms with E-state index in [1.54, 1.807) is 11.1 Å². The van der Waals surface area contributed by atoms with Gasteiger partial charge in [0, 0.05) is 43.9 Å². The van der Waals surface area contributed by atoms with Crippen molar-refractivity contribution in [3.8, 4) is 0 Å². The van der Waals surface area contributed by atoms with E-state index in [0.717, 1.165) is 31.3 Å². The molecule has 4 aliphatic carbocycles. The van der Waals surface area contributed by atoms with Crippen LogP contribution in [0.3, 0.4) is 0 Å². The van der Waals surface area contributed by atoms with Crippen LogP contribution in [0, 0.1) is 11.8 Å². The third-order valence-corrected chi connectivity index (χ3v) is 7.46. The number of nitrogens with one attached hydrogen (secondary N) is 2. The number of allylic oxidation sites excluding steroid dienone is 6. The number of aliphatic imine (C=N–C) groups is 2. The molecule has 4 atom stereocenters. The lowest BCUT2D eigenvalue weighted by molar-refractivity contribution is 0.489. The second-order valence-corrected chi connectivity index (χ2v) is 9.55. The Hall–Kier alpha value is -2.10. The van der Waals surface area contributed by atoms with E-state index in [2.05, 4.69) is 57.1 Å². The van der Waals surface area contributed by atoms with Crippen molar-refractivity contribution in [2.24, 2.45) is 21.8 Å². The highest BCUT2D eigenvalue weighted by molar-refractivity contribution is 5.84. The maximum Gasteiger partial charge on any atom is 0.0966 e. The Morgan fingerprint density at radius 3 is 2.27 bits per heavy atom. The van der Waals surface area contributed by atoms with E-state index in [4.69, 9.17) is 0 Å². The summed E-state index contributed by atoms with van der Waals surface area (Å²) in [7, 11) is 0. The minimum absolute atomic E-state index is 0.651. The van der Waals surface area contributed by atoms with Crippen LogP contribution in [0.5, 0.6) is 0 Å². The van der Waals surface area contributed by atoms with Gasteiger partial charge in [0.1, 0.15) is 0 Å². The summed E-state index contributed by atoms with van der Waals surface area (Å²) in [5.41, 5.74) is 3.29. The number of fused-ring (bicyclic) bond motifs is 2. The molecule has 0 radical (unpaired) electrons. The third kappa shape index (κ3) is 4.63. The fourth-order valence-corrected chi connectivity index (χ4v) is 5.87. The van der Waals surface area contributed by atoms with E-state index in [-0.39, 0.29) is 0 Å². The summed E-state index contributed by atoms with van der Waals surface area (Å²) in [6.07, 6.45) is 26.0. The summed E-state index contributed by atoms with van der Waals surface area (Å²) < 4.78 is 0. The Bertz CT molecular complexity index is 805. The Balaban J connectivity index is 0.000000128.